The molecule has 1 amide bonds. The molecule has 0 unspecified atom stereocenters. The minimum atomic E-state index is 0.127. The molecule has 4 rings (SSSR count). The molecule has 4 nitrogen and oxygen atoms in total. The van der Waals surface area contributed by atoms with E-state index < -0.39 is 0 Å². The van der Waals surface area contributed by atoms with Crippen molar-refractivity contribution in [2.24, 2.45) is 11.8 Å². The molecule has 0 aromatic rings. The van der Waals surface area contributed by atoms with Gasteiger partial charge in [-0.05, 0) is 31.9 Å². The van der Waals surface area contributed by atoms with Gasteiger partial charge in [0.2, 0.25) is 5.91 Å². The van der Waals surface area contributed by atoms with Crippen molar-refractivity contribution in [2.45, 2.75) is 56.3 Å². The van der Waals surface area contributed by atoms with E-state index in [1.807, 2.05) is 6.26 Å². The lowest BCUT2D eigenvalue weighted by molar-refractivity contribution is -0.118. The second-order valence-electron chi connectivity index (χ2n) is 7.63. The molecule has 3 saturated heterocycles. The summed E-state index contributed by atoms with van der Waals surface area (Å²) in [7, 11) is 0. The van der Waals surface area contributed by atoms with E-state index in [2.05, 4.69) is 10.2 Å². The van der Waals surface area contributed by atoms with Crippen LogP contribution in [0.15, 0.2) is 0 Å². The van der Waals surface area contributed by atoms with Crippen molar-refractivity contribution in [3.8, 4) is 0 Å². The van der Waals surface area contributed by atoms with E-state index >= 15 is 0 Å². The van der Waals surface area contributed by atoms with Gasteiger partial charge in [0.25, 0.3) is 0 Å². The number of hydrogen-bond acceptors (Lipinski definition) is 4. The maximum absolute atomic E-state index is 11.8. The number of nitrogens with zero attached hydrogens (tertiary/aromatic N) is 1. The maximum Gasteiger partial charge on any atom is 0.229 e. The molecule has 124 valence electrons. The van der Waals surface area contributed by atoms with Crippen LogP contribution in [0.4, 0.5) is 0 Å². The van der Waals surface area contributed by atoms with Crippen LogP contribution in [0.1, 0.15) is 38.5 Å². The normalized spacial score (nSPS) is 41.2. The molecule has 0 aromatic carbocycles. The zero-order chi connectivity index (χ0) is 15.2. The Labute approximate surface area is 137 Å². The predicted octanol–water partition coefficient (Wildman–Crippen LogP) is 1.89. The maximum atomic E-state index is 11.8. The quantitative estimate of drug-likeness (QED) is 0.838. The third kappa shape index (κ3) is 2.49. The number of likely N-dealkylation sites (tertiary alicyclic amines) is 1. The second-order valence-corrected chi connectivity index (χ2v) is 8.50. The molecule has 2 bridgehead atoms. The first kappa shape index (κ1) is 15.3. The van der Waals surface area contributed by atoms with Gasteiger partial charge in [-0.25, -0.2) is 0 Å². The van der Waals surface area contributed by atoms with Gasteiger partial charge in [0.15, 0.2) is 0 Å². The van der Waals surface area contributed by atoms with Crippen molar-refractivity contribution in [3.63, 3.8) is 0 Å². The van der Waals surface area contributed by atoms with Crippen molar-refractivity contribution in [3.05, 3.63) is 0 Å². The summed E-state index contributed by atoms with van der Waals surface area (Å²) in [4.78, 5) is 14.5. The molecule has 0 radical (unpaired) electrons. The van der Waals surface area contributed by atoms with Crippen LogP contribution in [-0.4, -0.2) is 60.2 Å². The number of fused-ring (bicyclic) bond motifs is 1. The summed E-state index contributed by atoms with van der Waals surface area (Å²) in [6.45, 7) is 3.16. The van der Waals surface area contributed by atoms with Crippen molar-refractivity contribution in [2.75, 3.05) is 31.6 Å². The summed E-state index contributed by atoms with van der Waals surface area (Å²) < 4.78 is 6.48. The fourth-order valence-electron chi connectivity index (χ4n) is 5.46. The number of thioether (sulfide) groups is 1. The average Bonchev–Trinajstić information content (AvgIpc) is 3.24. The average molecular weight is 324 g/mol. The van der Waals surface area contributed by atoms with E-state index in [4.69, 9.17) is 4.74 Å². The lowest BCUT2D eigenvalue weighted by Gasteiger charge is -2.29. The van der Waals surface area contributed by atoms with Gasteiger partial charge in [0.1, 0.15) is 0 Å². The molecule has 22 heavy (non-hydrogen) atoms. The van der Waals surface area contributed by atoms with Crippen LogP contribution >= 0.6 is 11.8 Å². The van der Waals surface area contributed by atoms with Gasteiger partial charge in [0, 0.05) is 37.5 Å². The van der Waals surface area contributed by atoms with E-state index in [1.165, 1.54) is 45.1 Å². The number of carbonyl (C=O) groups excluding carboxylic acids is 1. The fourth-order valence-corrected chi connectivity index (χ4v) is 5.83. The smallest absolute Gasteiger partial charge is 0.229 e. The Morgan fingerprint density at radius 2 is 2.18 bits per heavy atom. The molecule has 3 heterocycles. The van der Waals surface area contributed by atoms with Crippen molar-refractivity contribution in [1.29, 1.82) is 0 Å². The van der Waals surface area contributed by atoms with Crippen LogP contribution in [0, 0.1) is 11.8 Å². The Bertz CT molecular complexity index is 440. The Kier molecular flexibility index (Phi) is 4.16. The Morgan fingerprint density at radius 1 is 1.36 bits per heavy atom. The van der Waals surface area contributed by atoms with Crippen LogP contribution in [0.25, 0.3) is 0 Å². The predicted molar refractivity (Wildman–Crippen MR) is 89.0 cm³/mol. The zero-order valence-corrected chi connectivity index (χ0v) is 14.4. The third-order valence-corrected chi connectivity index (χ3v) is 7.01. The molecule has 1 saturated carbocycles. The largest absolute Gasteiger partial charge is 0.370 e. The fraction of sp³-hybridized carbons (Fsp3) is 0.941. The van der Waals surface area contributed by atoms with Crippen molar-refractivity contribution >= 4 is 17.7 Å². The van der Waals surface area contributed by atoms with E-state index in [1.54, 1.807) is 11.8 Å². The molecular formula is C17H28N2O2S. The van der Waals surface area contributed by atoms with E-state index in [-0.39, 0.29) is 11.5 Å². The van der Waals surface area contributed by atoms with Gasteiger partial charge >= 0.3 is 0 Å². The minimum absolute atomic E-state index is 0.127. The first-order chi connectivity index (χ1) is 10.7. The number of amides is 1. The Hall–Kier alpha value is -0.260. The van der Waals surface area contributed by atoms with E-state index in [9.17, 15) is 4.79 Å². The number of carbonyl (C=O) groups is 1. The highest BCUT2D eigenvalue weighted by atomic mass is 32.2. The summed E-state index contributed by atoms with van der Waals surface area (Å²) in [5.74, 6) is 1.92. The summed E-state index contributed by atoms with van der Waals surface area (Å²) in [6, 6.07) is 0.800. The summed E-state index contributed by atoms with van der Waals surface area (Å²) in [6.07, 6.45) is 10.4. The molecule has 0 aromatic heterocycles. The molecule has 5 heteroatoms. The van der Waals surface area contributed by atoms with Gasteiger partial charge in [-0.3, -0.25) is 9.69 Å². The number of ether oxygens (including phenoxy) is 1. The monoisotopic (exact) mass is 324 g/mol. The summed E-state index contributed by atoms with van der Waals surface area (Å²) in [5, 5.41) is 3.15. The SMILES string of the molecule is CSCC(=O)NC[C@H]1[C@H]2CN(C3CCCC3)C[C@]23CC[C@H]1O3. The molecular weight excluding hydrogens is 296 g/mol. The van der Waals surface area contributed by atoms with Crippen LogP contribution in [-0.2, 0) is 9.53 Å². The highest BCUT2D eigenvalue weighted by molar-refractivity contribution is 7.99. The summed E-state index contributed by atoms with van der Waals surface area (Å²) >= 11 is 1.59. The third-order valence-electron chi connectivity index (χ3n) is 6.46. The van der Waals surface area contributed by atoms with Crippen LogP contribution in [0.3, 0.4) is 0 Å². The zero-order valence-electron chi connectivity index (χ0n) is 13.6. The second kappa shape index (κ2) is 5.99. The van der Waals surface area contributed by atoms with E-state index in [0.717, 1.165) is 19.1 Å². The van der Waals surface area contributed by atoms with Gasteiger partial charge in [-0.15, -0.1) is 0 Å². The first-order valence-electron chi connectivity index (χ1n) is 8.89. The van der Waals surface area contributed by atoms with Gasteiger partial charge in [-0.2, -0.15) is 11.8 Å². The van der Waals surface area contributed by atoms with E-state index in [0.29, 0.717) is 23.7 Å². The molecule has 1 spiro atoms. The number of nitrogens with one attached hydrogen (secondary N) is 1. The molecule has 4 atom stereocenters. The van der Waals surface area contributed by atoms with Crippen molar-refractivity contribution in [1.82, 2.24) is 10.2 Å². The van der Waals surface area contributed by atoms with Crippen LogP contribution < -0.4 is 5.32 Å². The first-order valence-corrected chi connectivity index (χ1v) is 10.3. The molecule has 1 N–H and O–H groups in total. The lowest BCUT2D eigenvalue weighted by atomic mass is 9.73. The van der Waals surface area contributed by atoms with Crippen molar-refractivity contribution < 1.29 is 9.53 Å². The van der Waals surface area contributed by atoms with Gasteiger partial charge in [-0.1, -0.05) is 12.8 Å². The lowest BCUT2D eigenvalue weighted by Crippen LogP contribution is -2.42. The minimum Gasteiger partial charge on any atom is -0.370 e. The topological polar surface area (TPSA) is 41.6 Å². The number of hydrogen-bond donors (Lipinski definition) is 1. The Balaban J connectivity index is 1.41. The van der Waals surface area contributed by atoms with Gasteiger partial charge in [0.05, 0.1) is 17.5 Å². The summed E-state index contributed by atoms with van der Waals surface area (Å²) in [5.41, 5.74) is 0.127. The molecule has 1 aliphatic carbocycles. The standard InChI is InChI=1S/C17H28N2O2S/c1-22-10-16(20)18-8-13-14-9-19(12-4-2-3-5-12)11-17(14)7-6-15(13)21-17/h12-15H,2-11H2,1H3,(H,18,20)/t13-,14+,15+,17+/m0/s1. The highest BCUT2D eigenvalue weighted by Crippen LogP contribution is 2.55. The molecule has 4 fully saturated rings. The van der Waals surface area contributed by atoms with Crippen LogP contribution in [0.2, 0.25) is 0 Å². The molecule has 4 aliphatic rings. The molecule has 3 aliphatic heterocycles. The van der Waals surface area contributed by atoms with Crippen LogP contribution in [0.5, 0.6) is 0 Å². The Morgan fingerprint density at radius 3 is 2.95 bits per heavy atom. The number of rotatable bonds is 5. The highest BCUT2D eigenvalue weighted by Gasteiger charge is 2.63. The van der Waals surface area contributed by atoms with Gasteiger partial charge < -0.3 is 10.1 Å².